The molecular formula is C11H8F4N2OS. The first kappa shape index (κ1) is 15.3. The zero-order chi connectivity index (χ0) is 14.8. The Labute approximate surface area is 111 Å². The smallest absolute Gasteiger partial charge is 0.345 e. The van der Waals surface area contributed by atoms with E-state index >= 15 is 0 Å². The van der Waals surface area contributed by atoms with Crippen molar-refractivity contribution in [1.29, 1.82) is 0 Å². The van der Waals surface area contributed by atoms with Crippen LogP contribution in [0.2, 0.25) is 0 Å². The van der Waals surface area contributed by atoms with Crippen LogP contribution in [-0.2, 0) is 6.18 Å². The molecule has 0 bridgehead atoms. The number of rotatable bonds is 2. The van der Waals surface area contributed by atoms with Crippen molar-refractivity contribution in [3.05, 3.63) is 29.1 Å². The number of thiocarbonyl (C=S) groups is 1. The number of benzene rings is 1. The van der Waals surface area contributed by atoms with Gasteiger partial charge >= 0.3 is 6.18 Å². The van der Waals surface area contributed by atoms with Crippen LogP contribution in [0.25, 0.3) is 0 Å². The predicted molar refractivity (Wildman–Crippen MR) is 64.1 cm³/mol. The molecule has 0 aliphatic carbocycles. The van der Waals surface area contributed by atoms with Crippen molar-refractivity contribution >= 4 is 29.0 Å². The molecule has 0 N–H and O–H groups in total. The van der Waals surface area contributed by atoms with Gasteiger partial charge in [-0.15, -0.1) is 0 Å². The molecule has 3 nitrogen and oxygen atoms in total. The van der Waals surface area contributed by atoms with E-state index in [1.807, 2.05) is 5.16 Å². The Morgan fingerprint density at radius 2 is 1.95 bits per heavy atom. The highest BCUT2D eigenvalue weighted by Crippen LogP contribution is 2.35. The summed E-state index contributed by atoms with van der Waals surface area (Å²) in [6, 6.07) is 1.37. The van der Waals surface area contributed by atoms with Crippen LogP contribution < -0.4 is 0 Å². The molecule has 102 valence electrons. The number of carbonyl (C=O) groups excluding carboxylic acids is 1. The summed E-state index contributed by atoms with van der Waals surface area (Å²) in [6.45, 7) is 0. The molecule has 8 heteroatoms. The van der Waals surface area contributed by atoms with Crippen LogP contribution in [0.3, 0.4) is 0 Å². The van der Waals surface area contributed by atoms with Crippen molar-refractivity contribution in [1.82, 2.24) is 4.90 Å². The van der Waals surface area contributed by atoms with Crippen LogP contribution in [0.4, 0.5) is 23.2 Å². The SMILES string of the molecule is CN(C)C(=O)c1cc(N=C=S)cc(C(F)(F)F)c1F. The van der Waals surface area contributed by atoms with E-state index in [0.717, 1.165) is 11.0 Å². The third-order valence-corrected chi connectivity index (χ3v) is 2.27. The molecule has 0 spiro atoms. The molecule has 0 fully saturated rings. The van der Waals surface area contributed by atoms with E-state index in [1.54, 1.807) is 0 Å². The van der Waals surface area contributed by atoms with Crippen LogP contribution in [0.15, 0.2) is 17.1 Å². The van der Waals surface area contributed by atoms with Gasteiger partial charge in [0, 0.05) is 14.1 Å². The first-order valence-electron chi connectivity index (χ1n) is 4.88. The summed E-state index contributed by atoms with van der Waals surface area (Å²) in [5.74, 6) is -2.53. The Kier molecular flexibility index (Phi) is 4.39. The van der Waals surface area contributed by atoms with Gasteiger partial charge in [-0.2, -0.15) is 18.2 Å². The van der Waals surface area contributed by atoms with Gasteiger partial charge in [-0.25, -0.2) is 4.39 Å². The molecule has 19 heavy (non-hydrogen) atoms. The van der Waals surface area contributed by atoms with E-state index in [0.29, 0.717) is 6.07 Å². The normalized spacial score (nSPS) is 10.8. The van der Waals surface area contributed by atoms with Gasteiger partial charge in [0.1, 0.15) is 5.82 Å². The lowest BCUT2D eigenvalue weighted by Gasteiger charge is -2.15. The molecule has 1 amide bonds. The summed E-state index contributed by atoms with van der Waals surface area (Å²) >= 11 is 4.28. The molecule has 0 radical (unpaired) electrons. The van der Waals surface area contributed by atoms with Gasteiger partial charge in [0.25, 0.3) is 5.91 Å². The molecule has 0 heterocycles. The third kappa shape index (κ3) is 3.36. The fourth-order valence-corrected chi connectivity index (χ4v) is 1.43. The summed E-state index contributed by atoms with van der Waals surface area (Å²) in [7, 11) is 2.59. The summed E-state index contributed by atoms with van der Waals surface area (Å²) < 4.78 is 51.7. The number of hydrogen-bond acceptors (Lipinski definition) is 3. The maximum absolute atomic E-state index is 13.7. The lowest BCUT2D eigenvalue weighted by atomic mass is 10.1. The quantitative estimate of drug-likeness (QED) is 0.476. The van der Waals surface area contributed by atoms with Crippen molar-refractivity contribution in [3.63, 3.8) is 0 Å². The number of hydrogen-bond donors (Lipinski definition) is 0. The third-order valence-electron chi connectivity index (χ3n) is 2.17. The number of isothiocyanates is 1. The first-order valence-corrected chi connectivity index (χ1v) is 5.29. The van der Waals surface area contributed by atoms with E-state index in [9.17, 15) is 22.4 Å². The second kappa shape index (κ2) is 5.46. The van der Waals surface area contributed by atoms with E-state index < -0.39 is 29.0 Å². The minimum absolute atomic E-state index is 0.283. The molecule has 1 aromatic rings. The van der Waals surface area contributed by atoms with Crippen LogP contribution >= 0.6 is 12.2 Å². The standard InChI is InChI=1S/C11H8F4N2OS/c1-17(2)10(18)7-3-6(16-5-19)4-8(9(7)12)11(13,14)15/h3-4H,1-2H3. The molecular weight excluding hydrogens is 284 g/mol. The zero-order valence-electron chi connectivity index (χ0n) is 9.88. The largest absolute Gasteiger partial charge is 0.419 e. The number of halogens is 4. The molecule has 1 aromatic carbocycles. The highest BCUT2D eigenvalue weighted by Gasteiger charge is 2.36. The number of alkyl halides is 3. The van der Waals surface area contributed by atoms with Crippen molar-refractivity contribution in [3.8, 4) is 0 Å². The highest BCUT2D eigenvalue weighted by molar-refractivity contribution is 7.78. The van der Waals surface area contributed by atoms with Crippen molar-refractivity contribution in [2.45, 2.75) is 6.18 Å². The summed E-state index contributed by atoms with van der Waals surface area (Å²) in [5.41, 5.74) is -2.57. The Morgan fingerprint density at radius 1 is 1.37 bits per heavy atom. The molecule has 0 aliphatic rings. The maximum Gasteiger partial charge on any atom is 0.419 e. The van der Waals surface area contributed by atoms with E-state index in [1.165, 1.54) is 14.1 Å². The summed E-state index contributed by atoms with van der Waals surface area (Å²) in [4.78, 5) is 15.9. The number of nitrogens with zero attached hydrogens (tertiary/aromatic N) is 2. The van der Waals surface area contributed by atoms with E-state index in [4.69, 9.17) is 0 Å². The minimum Gasteiger partial charge on any atom is -0.345 e. The Bertz CT molecular complexity index is 563. The monoisotopic (exact) mass is 292 g/mol. The van der Waals surface area contributed by atoms with E-state index in [-0.39, 0.29) is 5.69 Å². The second-order valence-electron chi connectivity index (χ2n) is 3.76. The fraction of sp³-hybridized carbons (Fsp3) is 0.273. The number of carbonyl (C=O) groups is 1. The fourth-order valence-electron chi connectivity index (χ4n) is 1.33. The van der Waals surface area contributed by atoms with Crippen molar-refractivity contribution in [2.24, 2.45) is 4.99 Å². The lowest BCUT2D eigenvalue weighted by Crippen LogP contribution is -2.24. The summed E-state index contributed by atoms with van der Waals surface area (Å²) in [6.07, 6.45) is -4.93. The lowest BCUT2D eigenvalue weighted by molar-refractivity contribution is -0.140. The summed E-state index contributed by atoms with van der Waals surface area (Å²) in [5, 5.41) is 1.87. The van der Waals surface area contributed by atoms with Gasteiger partial charge < -0.3 is 4.90 Å². The highest BCUT2D eigenvalue weighted by atomic mass is 32.1. The molecule has 0 atom stereocenters. The zero-order valence-corrected chi connectivity index (χ0v) is 10.7. The Morgan fingerprint density at radius 3 is 2.37 bits per heavy atom. The average Bonchev–Trinajstić information content (AvgIpc) is 2.29. The number of aliphatic imine (C=N–C) groups is 1. The second-order valence-corrected chi connectivity index (χ2v) is 3.94. The van der Waals surface area contributed by atoms with Gasteiger partial charge in [-0.1, -0.05) is 0 Å². The van der Waals surface area contributed by atoms with Gasteiger partial charge in [0.05, 0.1) is 22.0 Å². The predicted octanol–water partition coefficient (Wildman–Crippen LogP) is 3.28. The van der Waals surface area contributed by atoms with Crippen LogP contribution in [0, 0.1) is 5.82 Å². The van der Waals surface area contributed by atoms with Gasteiger partial charge in [-0.3, -0.25) is 4.79 Å². The van der Waals surface area contributed by atoms with Gasteiger partial charge in [-0.05, 0) is 24.4 Å². The minimum atomic E-state index is -4.93. The molecule has 0 saturated heterocycles. The molecule has 0 saturated carbocycles. The average molecular weight is 292 g/mol. The first-order chi connectivity index (χ1) is 8.68. The molecule has 0 aromatic heterocycles. The van der Waals surface area contributed by atoms with Crippen molar-refractivity contribution in [2.75, 3.05) is 14.1 Å². The van der Waals surface area contributed by atoms with Crippen LogP contribution in [0.1, 0.15) is 15.9 Å². The molecule has 0 unspecified atom stereocenters. The number of amides is 1. The van der Waals surface area contributed by atoms with Gasteiger partial charge in [0.15, 0.2) is 0 Å². The molecule has 1 rings (SSSR count). The Hall–Kier alpha value is -1.79. The topological polar surface area (TPSA) is 32.7 Å². The van der Waals surface area contributed by atoms with Gasteiger partial charge in [0.2, 0.25) is 0 Å². The van der Waals surface area contributed by atoms with Crippen LogP contribution in [-0.4, -0.2) is 30.1 Å². The van der Waals surface area contributed by atoms with Crippen molar-refractivity contribution < 1.29 is 22.4 Å². The molecule has 0 aliphatic heterocycles. The Balaban J connectivity index is 3.59. The maximum atomic E-state index is 13.7. The van der Waals surface area contributed by atoms with Crippen LogP contribution in [0.5, 0.6) is 0 Å². The van der Waals surface area contributed by atoms with E-state index in [2.05, 4.69) is 17.2 Å².